The molecule has 0 spiro atoms. The third-order valence-corrected chi connectivity index (χ3v) is 5.43. The third-order valence-electron chi connectivity index (χ3n) is 3.92. The number of hydrogen-bond donors (Lipinski definition) is 1. The molecule has 2 aromatic rings. The largest absolute Gasteiger partial charge is 0.336 e. The van der Waals surface area contributed by atoms with Crippen molar-refractivity contribution in [3.8, 4) is 0 Å². The molecule has 0 unspecified atom stereocenters. The van der Waals surface area contributed by atoms with E-state index >= 15 is 0 Å². The monoisotopic (exact) mass is 366 g/mol. The van der Waals surface area contributed by atoms with Crippen LogP contribution in [0.25, 0.3) is 0 Å². The highest BCUT2D eigenvalue weighted by Gasteiger charge is 2.22. The average Bonchev–Trinajstić information content (AvgIpc) is 2.87. The third kappa shape index (κ3) is 3.61. The lowest BCUT2D eigenvalue weighted by atomic mass is 9.89. The van der Waals surface area contributed by atoms with E-state index in [2.05, 4.69) is 38.3 Å². The summed E-state index contributed by atoms with van der Waals surface area (Å²) in [4.78, 5) is 0. The standard InChI is InChI=1S/C15H19BrN4S/c16-13-8-4-5-11(9-13)10-21-15-19-18-14(20(15)17)12-6-2-1-3-7-12/h4-5,8-9,12H,1-3,6-7,10,17H2. The first kappa shape index (κ1) is 14.9. The minimum atomic E-state index is 0.483. The summed E-state index contributed by atoms with van der Waals surface area (Å²) in [6.07, 6.45) is 6.26. The number of nitrogen functional groups attached to an aromatic ring is 1. The highest BCUT2D eigenvalue weighted by atomic mass is 79.9. The van der Waals surface area contributed by atoms with Crippen molar-refractivity contribution in [2.45, 2.75) is 48.9 Å². The number of thioether (sulfide) groups is 1. The zero-order valence-electron chi connectivity index (χ0n) is 11.8. The van der Waals surface area contributed by atoms with Gasteiger partial charge < -0.3 is 5.84 Å². The molecule has 112 valence electrons. The summed E-state index contributed by atoms with van der Waals surface area (Å²) in [5, 5.41) is 9.40. The van der Waals surface area contributed by atoms with Gasteiger partial charge in [0, 0.05) is 16.1 Å². The molecule has 3 rings (SSSR count). The number of nitrogens with two attached hydrogens (primary N) is 1. The van der Waals surface area contributed by atoms with Crippen LogP contribution in [-0.2, 0) is 5.75 Å². The molecule has 0 bridgehead atoms. The Bertz CT molecular complexity index is 607. The van der Waals surface area contributed by atoms with E-state index in [-0.39, 0.29) is 0 Å². The second kappa shape index (κ2) is 6.83. The van der Waals surface area contributed by atoms with E-state index in [0.29, 0.717) is 5.92 Å². The van der Waals surface area contributed by atoms with Gasteiger partial charge in [0.25, 0.3) is 0 Å². The smallest absolute Gasteiger partial charge is 0.210 e. The number of nitrogens with zero attached hydrogens (tertiary/aromatic N) is 3. The van der Waals surface area contributed by atoms with Gasteiger partial charge in [-0.1, -0.05) is 59.1 Å². The fourth-order valence-corrected chi connectivity index (χ4v) is 4.05. The molecule has 4 nitrogen and oxygen atoms in total. The van der Waals surface area contributed by atoms with Crippen molar-refractivity contribution in [3.63, 3.8) is 0 Å². The molecule has 6 heteroatoms. The first-order valence-corrected chi connectivity index (χ1v) is 9.09. The van der Waals surface area contributed by atoms with E-state index < -0.39 is 0 Å². The summed E-state index contributed by atoms with van der Waals surface area (Å²) in [7, 11) is 0. The SMILES string of the molecule is Nn1c(SCc2cccc(Br)c2)nnc1C1CCCCC1. The van der Waals surface area contributed by atoms with Crippen molar-refractivity contribution in [2.75, 3.05) is 5.84 Å². The zero-order chi connectivity index (χ0) is 14.7. The molecule has 1 fully saturated rings. The Balaban J connectivity index is 1.67. The van der Waals surface area contributed by atoms with Crippen LogP contribution in [-0.4, -0.2) is 14.9 Å². The molecule has 2 N–H and O–H groups in total. The second-order valence-electron chi connectivity index (χ2n) is 5.46. The Hall–Kier alpha value is -1.01. The maximum absolute atomic E-state index is 6.19. The van der Waals surface area contributed by atoms with Crippen LogP contribution in [0.3, 0.4) is 0 Å². The Morgan fingerprint density at radius 2 is 2.05 bits per heavy atom. The number of halogens is 1. The first-order chi connectivity index (χ1) is 10.2. The van der Waals surface area contributed by atoms with Gasteiger partial charge in [-0.05, 0) is 30.5 Å². The van der Waals surface area contributed by atoms with Gasteiger partial charge >= 0.3 is 0 Å². The van der Waals surface area contributed by atoms with E-state index in [1.54, 1.807) is 16.4 Å². The Kier molecular flexibility index (Phi) is 4.85. The van der Waals surface area contributed by atoms with Gasteiger partial charge in [-0.15, -0.1) is 10.2 Å². The molecule has 0 saturated heterocycles. The van der Waals surface area contributed by atoms with Crippen LogP contribution in [0.1, 0.15) is 49.4 Å². The van der Waals surface area contributed by atoms with Crippen molar-refractivity contribution in [1.29, 1.82) is 0 Å². The molecule has 0 aliphatic heterocycles. The molecule has 1 aliphatic rings. The summed E-state index contributed by atoms with van der Waals surface area (Å²) < 4.78 is 2.79. The first-order valence-electron chi connectivity index (χ1n) is 7.31. The number of hydrogen-bond acceptors (Lipinski definition) is 4. The maximum atomic E-state index is 6.19. The summed E-state index contributed by atoms with van der Waals surface area (Å²) in [6, 6.07) is 8.30. The molecule has 1 aliphatic carbocycles. The lowest BCUT2D eigenvalue weighted by Crippen LogP contribution is -2.18. The molecular weight excluding hydrogens is 348 g/mol. The molecule has 0 amide bonds. The van der Waals surface area contributed by atoms with E-state index in [1.165, 1.54) is 37.7 Å². The fraction of sp³-hybridized carbons (Fsp3) is 0.467. The fourth-order valence-electron chi connectivity index (χ4n) is 2.80. The molecule has 1 heterocycles. The Morgan fingerprint density at radius 1 is 1.24 bits per heavy atom. The highest BCUT2D eigenvalue weighted by Crippen LogP contribution is 2.32. The van der Waals surface area contributed by atoms with E-state index in [1.807, 2.05) is 12.1 Å². The second-order valence-corrected chi connectivity index (χ2v) is 7.32. The van der Waals surface area contributed by atoms with Gasteiger partial charge in [-0.2, -0.15) is 0 Å². The molecule has 1 saturated carbocycles. The molecule has 0 radical (unpaired) electrons. The van der Waals surface area contributed by atoms with E-state index in [4.69, 9.17) is 5.84 Å². The number of benzene rings is 1. The van der Waals surface area contributed by atoms with Gasteiger partial charge in [0.2, 0.25) is 5.16 Å². The topological polar surface area (TPSA) is 56.7 Å². The van der Waals surface area contributed by atoms with Gasteiger partial charge in [-0.3, -0.25) is 0 Å². The highest BCUT2D eigenvalue weighted by molar-refractivity contribution is 9.10. The van der Waals surface area contributed by atoms with Gasteiger partial charge in [0.1, 0.15) is 0 Å². The Morgan fingerprint density at radius 3 is 2.81 bits per heavy atom. The number of aromatic nitrogens is 3. The summed E-state index contributed by atoms with van der Waals surface area (Å²) in [5.74, 6) is 8.47. The van der Waals surface area contributed by atoms with Gasteiger partial charge in [0.05, 0.1) is 0 Å². The van der Waals surface area contributed by atoms with Gasteiger partial charge in [-0.25, -0.2) is 4.68 Å². The predicted molar refractivity (Wildman–Crippen MR) is 89.7 cm³/mol. The Labute approximate surface area is 137 Å². The predicted octanol–water partition coefficient (Wildman–Crippen LogP) is 4.09. The van der Waals surface area contributed by atoms with Crippen LogP contribution in [0.2, 0.25) is 0 Å². The molecular formula is C15H19BrN4S. The van der Waals surface area contributed by atoms with Crippen molar-refractivity contribution >= 4 is 27.7 Å². The minimum absolute atomic E-state index is 0.483. The quantitative estimate of drug-likeness (QED) is 0.653. The zero-order valence-corrected chi connectivity index (χ0v) is 14.2. The van der Waals surface area contributed by atoms with Crippen LogP contribution in [0, 0.1) is 0 Å². The van der Waals surface area contributed by atoms with E-state index in [0.717, 1.165) is 21.2 Å². The lowest BCUT2D eigenvalue weighted by Gasteiger charge is -2.20. The lowest BCUT2D eigenvalue weighted by molar-refractivity contribution is 0.421. The van der Waals surface area contributed by atoms with Crippen molar-refractivity contribution in [1.82, 2.24) is 14.9 Å². The van der Waals surface area contributed by atoms with Crippen molar-refractivity contribution in [3.05, 3.63) is 40.1 Å². The van der Waals surface area contributed by atoms with E-state index in [9.17, 15) is 0 Å². The molecule has 1 aromatic heterocycles. The summed E-state index contributed by atoms with van der Waals surface area (Å²) in [6.45, 7) is 0. The van der Waals surface area contributed by atoms with Crippen LogP contribution in [0.15, 0.2) is 33.9 Å². The van der Waals surface area contributed by atoms with Crippen molar-refractivity contribution < 1.29 is 0 Å². The van der Waals surface area contributed by atoms with Crippen molar-refractivity contribution in [2.24, 2.45) is 0 Å². The van der Waals surface area contributed by atoms with Crippen LogP contribution < -0.4 is 5.84 Å². The summed E-state index contributed by atoms with van der Waals surface area (Å²) in [5.41, 5.74) is 1.25. The molecule has 1 aromatic carbocycles. The number of rotatable bonds is 4. The molecule has 21 heavy (non-hydrogen) atoms. The van der Waals surface area contributed by atoms with Gasteiger partial charge in [0.15, 0.2) is 5.82 Å². The summed E-state index contributed by atoms with van der Waals surface area (Å²) >= 11 is 5.13. The normalized spacial score (nSPS) is 16.2. The van der Waals surface area contributed by atoms with Crippen LogP contribution in [0.4, 0.5) is 0 Å². The maximum Gasteiger partial charge on any atom is 0.210 e. The van der Waals surface area contributed by atoms with Crippen LogP contribution >= 0.6 is 27.7 Å². The average molecular weight is 367 g/mol. The minimum Gasteiger partial charge on any atom is -0.336 e. The van der Waals surface area contributed by atoms with Crippen LogP contribution in [0.5, 0.6) is 0 Å². The molecule has 0 atom stereocenters.